The van der Waals surface area contributed by atoms with Gasteiger partial charge in [-0.3, -0.25) is 4.79 Å². The maximum absolute atomic E-state index is 11.9. The highest BCUT2D eigenvalue weighted by atomic mass is 35.5. The van der Waals surface area contributed by atoms with Gasteiger partial charge in [-0.25, -0.2) is 0 Å². The Kier molecular flexibility index (Phi) is 5.16. The molecular weight excluding hydrogens is 272 g/mol. The van der Waals surface area contributed by atoms with Crippen molar-refractivity contribution in [3.63, 3.8) is 0 Å². The Labute approximate surface area is 124 Å². The number of rotatable bonds is 5. The molecule has 0 heterocycles. The summed E-state index contributed by atoms with van der Waals surface area (Å²) in [5.41, 5.74) is 1.78. The van der Waals surface area contributed by atoms with E-state index in [0.29, 0.717) is 10.7 Å². The lowest BCUT2D eigenvalue weighted by atomic mass is 10.1. The van der Waals surface area contributed by atoms with E-state index in [1.807, 2.05) is 49.4 Å². The minimum Gasteiger partial charge on any atom is -0.324 e. The van der Waals surface area contributed by atoms with Crippen molar-refractivity contribution in [2.75, 3.05) is 11.9 Å². The Balaban J connectivity index is 1.85. The second kappa shape index (κ2) is 7.08. The number of nitrogens with one attached hydrogen (secondary N) is 2. The monoisotopic (exact) mass is 288 g/mol. The number of hydrogen-bond donors (Lipinski definition) is 2. The molecule has 0 aliphatic rings. The minimum atomic E-state index is -0.110. The van der Waals surface area contributed by atoms with Crippen LogP contribution in [0, 0.1) is 0 Å². The van der Waals surface area contributed by atoms with Crippen molar-refractivity contribution in [1.29, 1.82) is 0 Å². The molecule has 0 aromatic heterocycles. The molecule has 1 atom stereocenters. The molecule has 1 amide bonds. The van der Waals surface area contributed by atoms with E-state index < -0.39 is 0 Å². The number of anilines is 1. The minimum absolute atomic E-state index is 0.110. The highest BCUT2D eigenvalue weighted by Gasteiger charge is 2.08. The van der Waals surface area contributed by atoms with Crippen LogP contribution >= 0.6 is 11.6 Å². The summed E-state index contributed by atoms with van der Waals surface area (Å²) in [6.45, 7) is 2.26. The zero-order chi connectivity index (χ0) is 14.4. The molecule has 0 bridgehead atoms. The van der Waals surface area contributed by atoms with Gasteiger partial charge in [0.2, 0.25) is 5.91 Å². The Hall–Kier alpha value is -1.84. The molecule has 2 rings (SSSR count). The summed E-state index contributed by atoms with van der Waals surface area (Å²) in [4.78, 5) is 11.9. The molecule has 2 aromatic rings. The fraction of sp³-hybridized carbons (Fsp3) is 0.188. The van der Waals surface area contributed by atoms with Crippen molar-refractivity contribution in [3.8, 4) is 0 Å². The third-order valence-electron chi connectivity index (χ3n) is 3.02. The molecule has 0 fully saturated rings. The van der Waals surface area contributed by atoms with Crippen LogP contribution in [0.2, 0.25) is 5.02 Å². The molecule has 0 aliphatic heterocycles. The van der Waals surface area contributed by atoms with E-state index >= 15 is 0 Å². The Morgan fingerprint density at radius 2 is 1.75 bits per heavy atom. The molecule has 0 saturated carbocycles. The van der Waals surface area contributed by atoms with E-state index in [0.717, 1.165) is 5.56 Å². The van der Waals surface area contributed by atoms with Crippen molar-refractivity contribution in [1.82, 2.24) is 5.32 Å². The maximum Gasteiger partial charge on any atom is 0.238 e. The van der Waals surface area contributed by atoms with E-state index in [4.69, 9.17) is 11.6 Å². The standard InChI is InChI=1S/C16H17ClN2O/c1-12(13-7-3-2-4-8-13)18-11-16(20)19-15-10-6-5-9-14(15)17/h2-10,12,18H,11H2,1H3,(H,19,20)/t12-/m0/s1. The SMILES string of the molecule is C[C@H](NCC(=O)Nc1ccccc1Cl)c1ccccc1. The Morgan fingerprint density at radius 1 is 1.10 bits per heavy atom. The third kappa shape index (κ3) is 4.08. The maximum atomic E-state index is 11.9. The average molecular weight is 289 g/mol. The molecule has 0 unspecified atom stereocenters. The van der Waals surface area contributed by atoms with Crippen LogP contribution in [-0.2, 0) is 4.79 Å². The lowest BCUT2D eigenvalue weighted by molar-refractivity contribution is -0.115. The molecule has 0 saturated heterocycles. The van der Waals surface area contributed by atoms with Gasteiger partial charge in [0.25, 0.3) is 0 Å². The van der Waals surface area contributed by atoms with Crippen LogP contribution in [0.4, 0.5) is 5.69 Å². The molecule has 20 heavy (non-hydrogen) atoms. The molecule has 4 heteroatoms. The van der Waals surface area contributed by atoms with Crippen molar-refractivity contribution in [3.05, 3.63) is 65.2 Å². The number of halogens is 1. The van der Waals surface area contributed by atoms with Crippen molar-refractivity contribution < 1.29 is 4.79 Å². The summed E-state index contributed by atoms with van der Waals surface area (Å²) in [5.74, 6) is -0.110. The Morgan fingerprint density at radius 3 is 2.45 bits per heavy atom. The van der Waals surface area contributed by atoms with Crippen LogP contribution in [-0.4, -0.2) is 12.5 Å². The number of carbonyl (C=O) groups is 1. The van der Waals surface area contributed by atoms with E-state index in [-0.39, 0.29) is 18.5 Å². The second-order valence-electron chi connectivity index (χ2n) is 4.54. The second-order valence-corrected chi connectivity index (χ2v) is 4.95. The molecule has 0 radical (unpaired) electrons. The van der Waals surface area contributed by atoms with Gasteiger partial charge in [0.1, 0.15) is 0 Å². The largest absolute Gasteiger partial charge is 0.324 e. The number of para-hydroxylation sites is 1. The van der Waals surface area contributed by atoms with Gasteiger partial charge in [-0.05, 0) is 24.6 Å². The Bertz CT molecular complexity index is 572. The smallest absolute Gasteiger partial charge is 0.238 e. The number of hydrogen-bond acceptors (Lipinski definition) is 2. The molecule has 3 nitrogen and oxygen atoms in total. The summed E-state index contributed by atoms with van der Waals surface area (Å²) in [7, 11) is 0. The van der Waals surface area contributed by atoms with Crippen molar-refractivity contribution in [2.24, 2.45) is 0 Å². The van der Waals surface area contributed by atoms with Crippen LogP contribution < -0.4 is 10.6 Å². The van der Waals surface area contributed by atoms with Gasteiger partial charge in [0.05, 0.1) is 17.3 Å². The van der Waals surface area contributed by atoms with Gasteiger partial charge in [0.15, 0.2) is 0 Å². The van der Waals surface area contributed by atoms with Crippen LogP contribution in [0.25, 0.3) is 0 Å². The van der Waals surface area contributed by atoms with E-state index in [9.17, 15) is 4.79 Å². The lowest BCUT2D eigenvalue weighted by Crippen LogP contribution is -2.30. The van der Waals surface area contributed by atoms with Gasteiger partial charge in [-0.15, -0.1) is 0 Å². The van der Waals surface area contributed by atoms with E-state index in [2.05, 4.69) is 10.6 Å². The van der Waals surface area contributed by atoms with Crippen LogP contribution in [0.5, 0.6) is 0 Å². The highest BCUT2D eigenvalue weighted by molar-refractivity contribution is 6.33. The topological polar surface area (TPSA) is 41.1 Å². The van der Waals surface area contributed by atoms with Crippen LogP contribution in [0.3, 0.4) is 0 Å². The van der Waals surface area contributed by atoms with Gasteiger partial charge < -0.3 is 10.6 Å². The van der Waals surface area contributed by atoms with Crippen LogP contribution in [0.1, 0.15) is 18.5 Å². The normalized spacial score (nSPS) is 11.9. The summed E-state index contributed by atoms with van der Waals surface area (Å²) in [5, 5.41) is 6.51. The molecule has 2 N–H and O–H groups in total. The van der Waals surface area contributed by atoms with Crippen molar-refractivity contribution in [2.45, 2.75) is 13.0 Å². The molecule has 104 valence electrons. The highest BCUT2D eigenvalue weighted by Crippen LogP contribution is 2.20. The number of benzene rings is 2. The summed E-state index contributed by atoms with van der Waals surface area (Å²) in [6.07, 6.45) is 0. The predicted molar refractivity (Wildman–Crippen MR) is 82.9 cm³/mol. The fourth-order valence-electron chi connectivity index (χ4n) is 1.86. The van der Waals surface area contributed by atoms with Crippen LogP contribution in [0.15, 0.2) is 54.6 Å². The van der Waals surface area contributed by atoms with Gasteiger partial charge in [-0.2, -0.15) is 0 Å². The van der Waals surface area contributed by atoms with Gasteiger partial charge >= 0.3 is 0 Å². The molecule has 2 aromatic carbocycles. The summed E-state index contributed by atoms with van der Waals surface area (Å²) >= 11 is 5.99. The number of amides is 1. The van der Waals surface area contributed by atoms with Crippen molar-refractivity contribution >= 4 is 23.2 Å². The molecule has 0 aliphatic carbocycles. The fourth-order valence-corrected chi connectivity index (χ4v) is 2.05. The first-order valence-corrected chi connectivity index (χ1v) is 6.87. The molecular formula is C16H17ClN2O. The van der Waals surface area contributed by atoms with E-state index in [1.165, 1.54) is 0 Å². The number of carbonyl (C=O) groups excluding carboxylic acids is 1. The average Bonchev–Trinajstić information content (AvgIpc) is 2.48. The van der Waals surface area contributed by atoms with Gasteiger partial charge in [0, 0.05) is 6.04 Å². The quantitative estimate of drug-likeness (QED) is 0.882. The first-order chi connectivity index (χ1) is 9.66. The summed E-state index contributed by atoms with van der Waals surface area (Å²) < 4.78 is 0. The zero-order valence-electron chi connectivity index (χ0n) is 11.3. The summed E-state index contributed by atoms with van der Waals surface area (Å²) in [6, 6.07) is 17.3. The lowest BCUT2D eigenvalue weighted by Gasteiger charge is -2.14. The first kappa shape index (κ1) is 14.6. The first-order valence-electron chi connectivity index (χ1n) is 6.49. The van der Waals surface area contributed by atoms with Gasteiger partial charge in [-0.1, -0.05) is 54.1 Å². The predicted octanol–water partition coefficient (Wildman–Crippen LogP) is 3.63. The zero-order valence-corrected chi connectivity index (χ0v) is 12.0. The van der Waals surface area contributed by atoms with E-state index in [1.54, 1.807) is 12.1 Å². The molecule has 0 spiro atoms. The third-order valence-corrected chi connectivity index (χ3v) is 3.35.